The highest BCUT2D eigenvalue weighted by Crippen LogP contribution is 2.36. The van der Waals surface area contributed by atoms with E-state index >= 15 is 0 Å². The van der Waals surface area contributed by atoms with E-state index in [-0.39, 0.29) is 0 Å². The van der Waals surface area contributed by atoms with E-state index < -0.39 is 0 Å². The molecule has 1 unspecified atom stereocenters. The van der Waals surface area contributed by atoms with Gasteiger partial charge in [-0.15, -0.1) is 0 Å². The first-order valence-electron chi connectivity index (χ1n) is 6.91. The summed E-state index contributed by atoms with van der Waals surface area (Å²) in [7, 11) is 0. The smallest absolute Gasteiger partial charge is 0.0625 e. The minimum absolute atomic E-state index is 0.401. The van der Waals surface area contributed by atoms with Crippen LogP contribution in [0.5, 0.6) is 0 Å². The molecular weight excluding hydrogens is 208 g/mol. The summed E-state index contributed by atoms with van der Waals surface area (Å²) in [5.74, 6) is 0.767. The minimum atomic E-state index is 0.401. The highest BCUT2D eigenvalue weighted by Gasteiger charge is 2.31. The van der Waals surface area contributed by atoms with Crippen molar-refractivity contribution in [3.05, 3.63) is 22.8 Å². The molecule has 1 heterocycles. The zero-order valence-electron chi connectivity index (χ0n) is 11.2. The molecule has 2 aliphatic rings. The highest BCUT2D eigenvalue weighted by molar-refractivity contribution is 5.26. The molecule has 0 N–H and O–H groups in total. The van der Waals surface area contributed by atoms with Crippen LogP contribution in [0.25, 0.3) is 0 Å². The quantitative estimate of drug-likeness (QED) is 0.684. The Balaban J connectivity index is 1.92. The number of hydrogen-bond donors (Lipinski definition) is 0. The van der Waals surface area contributed by atoms with E-state index in [4.69, 9.17) is 9.97 Å². The third-order valence-corrected chi connectivity index (χ3v) is 4.43. The Labute approximate surface area is 104 Å². The number of fused-ring (bicyclic) bond motifs is 2. The van der Waals surface area contributed by atoms with Crippen LogP contribution in [-0.2, 0) is 25.7 Å². The fourth-order valence-corrected chi connectivity index (χ4v) is 3.16. The van der Waals surface area contributed by atoms with Crippen molar-refractivity contribution in [1.29, 1.82) is 0 Å². The number of aromatic nitrogens is 2. The van der Waals surface area contributed by atoms with Gasteiger partial charge in [-0.25, -0.2) is 0 Å². The van der Waals surface area contributed by atoms with Crippen molar-refractivity contribution in [3.63, 3.8) is 0 Å². The molecule has 0 bridgehead atoms. The van der Waals surface area contributed by atoms with Crippen LogP contribution in [0, 0.1) is 11.3 Å². The molecule has 0 amide bonds. The van der Waals surface area contributed by atoms with Gasteiger partial charge in [0.25, 0.3) is 0 Å². The van der Waals surface area contributed by atoms with E-state index in [1.165, 1.54) is 35.6 Å². The molecule has 0 fully saturated rings. The number of hydrogen-bond acceptors (Lipinski definition) is 2. The summed E-state index contributed by atoms with van der Waals surface area (Å²) in [4.78, 5) is 9.74. The Bertz CT molecular complexity index is 443. The maximum atomic E-state index is 4.90. The van der Waals surface area contributed by atoms with Crippen LogP contribution in [0.2, 0.25) is 0 Å². The standard InChI is InChI=1S/C15H22N2/c1-15(2,3)10-7-8-13-14(9-10)17-12-6-4-5-11(12)16-13/h10H,4-9H2,1-3H3. The predicted octanol–water partition coefficient (Wildman–Crippen LogP) is 3.12. The van der Waals surface area contributed by atoms with Crippen LogP contribution in [-0.4, -0.2) is 9.97 Å². The molecule has 1 atom stereocenters. The van der Waals surface area contributed by atoms with Crippen LogP contribution < -0.4 is 0 Å². The van der Waals surface area contributed by atoms with Crippen molar-refractivity contribution in [3.8, 4) is 0 Å². The molecule has 1 aromatic heterocycles. The first-order valence-corrected chi connectivity index (χ1v) is 6.91. The van der Waals surface area contributed by atoms with Gasteiger partial charge in [-0.05, 0) is 49.9 Å². The second kappa shape index (κ2) is 3.79. The monoisotopic (exact) mass is 230 g/mol. The molecule has 0 radical (unpaired) electrons. The van der Waals surface area contributed by atoms with Crippen molar-refractivity contribution in [2.75, 3.05) is 0 Å². The molecule has 2 nitrogen and oxygen atoms in total. The van der Waals surface area contributed by atoms with E-state index in [0.717, 1.165) is 31.6 Å². The lowest BCUT2D eigenvalue weighted by atomic mass is 9.72. The average molecular weight is 230 g/mol. The third-order valence-electron chi connectivity index (χ3n) is 4.43. The second-order valence-electron chi connectivity index (χ2n) is 6.67. The van der Waals surface area contributed by atoms with E-state index in [9.17, 15) is 0 Å². The van der Waals surface area contributed by atoms with Crippen molar-refractivity contribution in [1.82, 2.24) is 9.97 Å². The van der Waals surface area contributed by atoms with E-state index in [2.05, 4.69) is 20.8 Å². The van der Waals surface area contributed by atoms with Gasteiger partial charge < -0.3 is 0 Å². The normalized spacial score (nSPS) is 23.4. The van der Waals surface area contributed by atoms with Crippen LogP contribution in [0.4, 0.5) is 0 Å². The summed E-state index contributed by atoms with van der Waals surface area (Å²) in [5.41, 5.74) is 5.58. The molecule has 3 rings (SSSR count). The van der Waals surface area contributed by atoms with Gasteiger partial charge in [0.05, 0.1) is 22.8 Å². The Kier molecular flexibility index (Phi) is 2.49. The molecular formula is C15H22N2. The Morgan fingerprint density at radius 3 is 2.12 bits per heavy atom. The first-order chi connectivity index (χ1) is 8.04. The van der Waals surface area contributed by atoms with Crippen LogP contribution in [0.1, 0.15) is 56.4 Å². The molecule has 0 spiro atoms. The minimum Gasteiger partial charge on any atom is -0.254 e. The maximum Gasteiger partial charge on any atom is 0.0625 e. The van der Waals surface area contributed by atoms with Gasteiger partial charge in [0.1, 0.15) is 0 Å². The van der Waals surface area contributed by atoms with Crippen molar-refractivity contribution in [2.45, 2.75) is 59.3 Å². The number of rotatable bonds is 0. The topological polar surface area (TPSA) is 25.8 Å². The second-order valence-corrected chi connectivity index (χ2v) is 6.67. The number of aryl methyl sites for hydroxylation is 3. The number of nitrogens with zero attached hydrogens (tertiary/aromatic N) is 2. The highest BCUT2D eigenvalue weighted by atomic mass is 14.9. The molecule has 0 saturated carbocycles. The molecule has 0 saturated heterocycles. The zero-order valence-corrected chi connectivity index (χ0v) is 11.2. The van der Waals surface area contributed by atoms with Crippen molar-refractivity contribution < 1.29 is 0 Å². The zero-order chi connectivity index (χ0) is 12.0. The molecule has 1 aromatic rings. The predicted molar refractivity (Wildman–Crippen MR) is 69.0 cm³/mol. The SMILES string of the molecule is CC(C)(C)C1CCc2nc3c(nc2C1)CCC3. The van der Waals surface area contributed by atoms with Gasteiger partial charge in [-0.2, -0.15) is 0 Å². The average Bonchev–Trinajstić information content (AvgIpc) is 2.70. The van der Waals surface area contributed by atoms with Gasteiger partial charge in [0.2, 0.25) is 0 Å². The summed E-state index contributed by atoms with van der Waals surface area (Å²) in [5, 5.41) is 0. The lowest BCUT2D eigenvalue weighted by Gasteiger charge is -2.34. The van der Waals surface area contributed by atoms with Gasteiger partial charge >= 0.3 is 0 Å². The Morgan fingerprint density at radius 2 is 1.47 bits per heavy atom. The fraction of sp³-hybridized carbons (Fsp3) is 0.733. The molecule has 92 valence electrons. The lowest BCUT2D eigenvalue weighted by Crippen LogP contribution is -2.28. The fourth-order valence-electron chi connectivity index (χ4n) is 3.16. The van der Waals surface area contributed by atoms with Gasteiger partial charge in [0, 0.05) is 0 Å². The third kappa shape index (κ3) is 1.98. The Morgan fingerprint density at radius 1 is 0.882 bits per heavy atom. The van der Waals surface area contributed by atoms with Crippen LogP contribution in [0.15, 0.2) is 0 Å². The summed E-state index contributed by atoms with van der Waals surface area (Å²) in [6.45, 7) is 7.05. The molecule has 0 aliphatic heterocycles. The summed E-state index contributed by atoms with van der Waals surface area (Å²) < 4.78 is 0. The van der Waals surface area contributed by atoms with E-state index in [1.807, 2.05) is 0 Å². The largest absolute Gasteiger partial charge is 0.254 e. The lowest BCUT2D eigenvalue weighted by molar-refractivity contribution is 0.212. The van der Waals surface area contributed by atoms with Gasteiger partial charge in [-0.3, -0.25) is 9.97 Å². The molecule has 0 aromatic carbocycles. The summed E-state index contributed by atoms with van der Waals surface area (Å²) in [6.07, 6.45) is 7.11. The van der Waals surface area contributed by atoms with E-state index in [0.29, 0.717) is 5.41 Å². The Hall–Kier alpha value is -0.920. The maximum absolute atomic E-state index is 4.90. The van der Waals surface area contributed by atoms with Crippen molar-refractivity contribution in [2.24, 2.45) is 11.3 Å². The van der Waals surface area contributed by atoms with Gasteiger partial charge in [0.15, 0.2) is 0 Å². The molecule has 2 heteroatoms. The van der Waals surface area contributed by atoms with Crippen LogP contribution >= 0.6 is 0 Å². The van der Waals surface area contributed by atoms with Gasteiger partial charge in [-0.1, -0.05) is 20.8 Å². The molecule has 2 aliphatic carbocycles. The first kappa shape index (κ1) is 11.2. The van der Waals surface area contributed by atoms with Crippen molar-refractivity contribution >= 4 is 0 Å². The van der Waals surface area contributed by atoms with E-state index in [1.54, 1.807) is 0 Å². The summed E-state index contributed by atoms with van der Waals surface area (Å²) in [6, 6.07) is 0. The summed E-state index contributed by atoms with van der Waals surface area (Å²) >= 11 is 0. The van der Waals surface area contributed by atoms with Crippen LogP contribution in [0.3, 0.4) is 0 Å². The molecule has 17 heavy (non-hydrogen) atoms.